The fourth-order valence-electron chi connectivity index (χ4n) is 1.23. The molecule has 3 nitrogen and oxygen atoms in total. The first-order valence-corrected chi connectivity index (χ1v) is 4.62. The van der Waals surface area contributed by atoms with E-state index in [4.69, 9.17) is 10.2 Å². The molecule has 74 valence electrons. The van der Waals surface area contributed by atoms with Gasteiger partial charge in [0.15, 0.2) is 5.89 Å². The maximum atomic E-state index is 5.56. The summed E-state index contributed by atoms with van der Waals surface area (Å²) < 4.78 is 5.56. The second-order valence-corrected chi connectivity index (χ2v) is 4.08. The van der Waals surface area contributed by atoms with Crippen LogP contribution in [0.1, 0.15) is 37.6 Å². The van der Waals surface area contributed by atoms with Crippen LogP contribution in [0.2, 0.25) is 0 Å². The van der Waals surface area contributed by atoms with Crippen LogP contribution in [0.15, 0.2) is 4.42 Å². The molecule has 0 fully saturated rings. The zero-order valence-corrected chi connectivity index (χ0v) is 8.85. The molecular weight excluding hydrogens is 164 g/mol. The lowest BCUT2D eigenvalue weighted by Gasteiger charge is -2.18. The fraction of sp³-hybridized carbons (Fsp3) is 0.700. The average Bonchev–Trinajstić information content (AvgIpc) is 2.33. The van der Waals surface area contributed by atoms with Gasteiger partial charge in [0.25, 0.3) is 0 Å². The molecule has 0 amide bonds. The van der Waals surface area contributed by atoms with E-state index < -0.39 is 0 Å². The molecule has 0 atom stereocenters. The zero-order chi connectivity index (χ0) is 10.1. The highest BCUT2D eigenvalue weighted by molar-refractivity contribution is 5.10. The molecule has 13 heavy (non-hydrogen) atoms. The molecule has 1 aromatic heterocycles. The summed E-state index contributed by atoms with van der Waals surface area (Å²) in [6.07, 6.45) is 0.895. The van der Waals surface area contributed by atoms with Gasteiger partial charge >= 0.3 is 0 Å². The van der Waals surface area contributed by atoms with Gasteiger partial charge < -0.3 is 10.2 Å². The van der Waals surface area contributed by atoms with Crippen molar-refractivity contribution in [3.63, 3.8) is 0 Å². The van der Waals surface area contributed by atoms with Crippen LogP contribution in [0.4, 0.5) is 0 Å². The van der Waals surface area contributed by atoms with Crippen LogP contribution in [-0.4, -0.2) is 11.5 Å². The third kappa shape index (κ3) is 2.10. The summed E-state index contributed by atoms with van der Waals surface area (Å²) in [4.78, 5) is 4.38. The predicted octanol–water partition coefficient (Wildman–Crippen LogP) is 1.92. The van der Waals surface area contributed by atoms with E-state index in [9.17, 15) is 0 Å². The number of aromatic nitrogens is 1. The van der Waals surface area contributed by atoms with Crippen molar-refractivity contribution in [2.75, 3.05) is 6.54 Å². The first kappa shape index (κ1) is 10.3. The van der Waals surface area contributed by atoms with Crippen LogP contribution < -0.4 is 5.73 Å². The molecule has 0 radical (unpaired) electrons. The number of oxazole rings is 1. The monoisotopic (exact) mass is 182 g/mol. The summed E-state index contributed by atoms with van der Waals surface area (Å²) in [5.41, 5.74) is 6.45. The molecule has 1 aromatic rings. The number of nitrogens with zero attached hydrogens (tertiary/aromatic N) is 1. The van der Waals surface area contributed by atoms with Crippen LogP contribution in [0.5, 0.6) is 0 Å². The standard InChI is InChI=1S/C10H18N2O/c1-7-8(2)13-9(12-7)10(3,4)5-6-11/h5-6,11H2,1-4H3. The first-order chi connectivity index (χ1) is 5.97. The minimum atomic E-state index is -0.0478. The highest BCUT2D eigenvalue weighted by Gasteiger charge is 2.25. The number of hydrogen-bond acceptors (Lipinski definition) is 3. The maximum Gasteiger partial charge on any atom is 0.200 e. The Morgan fingerprint density at radius 2 is 2.00 bits per heavy atom. The van der Waals surface area contributed by atoms with Gasteiger partial charge in [0.05, 0.1) is 5.69 Å². The predicted molar refractivity (Wildman–Crippen MR) is 52.7 cm³/mol. The van der Waals surface area contributed by atoms with E-state index in [0.29, 0.717) is 6.54 Å². The van der Waals surface area contributed by atoms with Crippen molar-refractivity contribution in [1.29, 1.82) is 0 Å². The summed E-state index contributed by atoms with van der Waals surface area (Å²) in [6.45, 7) is 8.76. The van der Waals surface area contributed by atoms with Gasteiger partial charge in [-0.25, -0.2) is 4.98 Å². The Hall–Kier alpha value is -0.830. The van der Waals surface area contributed by atoms with E-state index in [1.807, 2.05) is 13.8 Å². The molecule has 1 heterocycles. The van der Waals surface area contributed by atoms with E-state index in [0.717, 1.165) is 23.8 Å². The van der Waals surface area contributed by atoms with E-state index in [1.165, 1.54) is 0 Å². The molecule has 0 saturated heterocycles. The Labute approximate surface area is 79.3 Å². The lowest BCUT2D eigenvalue weighted by molar-refractivity contribution is 0.344. The number of aryl methyl sites for hydroxylation is 2. The Bertz CT molecular complexity index is 270. The van der Waals surface area contributed by atoms with Crippen LogP contribution in [-0.2, 0) is 5.41 Å². The third-order valence-electron chi connectivity index (χ3n) is 2.38. The second kappa shape index (κ2) is 3.50. The first-order valence-electron chi connectivity index (χ1n) is 4.62. The van der Waals surface area contributed by atoms with E-state index in [-0.39, 0.29) is 5.41 Å². The van der Waals surface area contributed by atoms with E-state index >= 15 is 0 Å². The smallest absolute Gasteiger partial charge is 0.200 e. The van der Waals surface area contributed by atoms with Crippen molar-refractivity contribution in [3.8, 4) is 0 Å². The summed E-state index contributed by atoms with van der Waals surface area (Å²) in [5.74, 6) is 1.70. The van der Waals surface area contributed by atoms with Gasteiger partial charge in [-0.3, -0.25) is 0 Å². The van der Waals surface area contributed by atoms with E-state index in [1.54, 1.807) is 0 Å². The molecule has 0 aliphatic rings. The van der Waals surface area contributed by atoms with Gasteiger partial charge in [-0.05, 0) is 26.8 Å². The molecule has 1 rings (SSSR count). The SMILES string of the molecule is Cc1nc(C(C)(C)CCN)oc1C. The summed E-state index contributed by atoms with van der Waals surface area (Å²) >= 11 is 0. The fourth-order valence-corrected chi connectivity index (χ4v) is 1.23. The third-order valence-corrected chi connectivity index (χ3v) is 2.38. The molecule has 0 aliphatic heterocycles. The van der Waals surface area contributed by atoms with Crippen molar-refractivity contribution in [2.24, 2.45) is 5.73 Å². The summed E-state index contributed by atoms with van der Waals surface area (Å²) in [6, 6.07) is 0. The quantitative estimate of drug-likeness (QED) is 0.777. The molecule has 0 aromatic carbocycles. The van der Waals surface area contributed by atoms with Crippen molar-refractivity contribution in [3.05, 3.63) is 17.3 Å². The lowest BCUT2D eigenvalue weighted by atomic mass is 9.89. The highest BCUT2D eigenvalue weighted by atomic mass is 16.4. The van der Waals surface area contributed by atoms with Crippen molar-refractivity contribution >= 4 is 0 Å². The molecule has 2 N–H and O–H groups in total. The normalized spacial score (nSPS) is 12.1. The van der Waals surface area contributed by atoms with Crippen LogP contribution in [0.25, 0.3) is 0 Å². The molecule has 3 heteroatoms. The van der Waals surface area contributed by atoms with E-state index in [2.05, 4.69) is 18.8 Å². The van der Waals surface area contributed by atoms with Gasteiger partial charge in [0.2, 0.25) is 0 Å². The Balaban J connectivity index is 2.93. The Morgan fingerprint density at radius 3 is 2.38 bits per heavy atom. The maximum absolute atomic E-state index is 5.56. The molecule has 0 bridgehead atoms. The van der Waals surface area contributed by atoms with Crippen molar-refractivity contribution < 1.29 is 4.42 Å². The summed E-state index contributed by atoms with van der Waals surface area (Å²) in [7, 11) is 0. The largest absolute Gasteiger partial charge is 0.445 e. The minimum Gasteiger partial charge on any atom is -0.445 e. The average molecular weight is 182 g/mol. The Kier molecular flexibility index (Phi) is 2.76. The van der Waals surface area contributed by atoms with Crippen molar-refractivity contribution in [2.45, 2.75) is 39.5 Å². The van der Waals surface area contributed by atoms with Crippen LogP contribution >= 0.6 is 0 Å². The minimum absolute atomic E-state index is 0.0478. The molecule has 0 unspecified atom stereocenters. The molecule has 0 aliphatic carbocycles. The van der Waals surface area contributed by atoms with Crippen LogP contribution in [0.3, 0.4) is 0 Å². The lowest BCUT2D eigenvalue weighted by Crippen LogP contribution is -2.22. The number of hydrogen-bond donors (Lipinski definition) is 1. The zero-order valence-electron chi connectivity index (χ0n) is 8.85. The summed E-state index contributed by atoms with van der Waals surface area (Å²) in [5, 5.41) is 0. The van der Waals surface area contributed by atoms with Crippen LogP contribution in [0, 0.1) is 13.8 Å². The molecule has 0 spiro atoms. The molecule has 0 saturated carbocycles. The van der Waals surface area contributed by atoms with Gasteiger partial charge in [0.1, 0.15) is 5.76 Å². The van der Waals surface area contributed by atoms with Gasteiger partial charge in [0, 0.05) is 5.41 Å². The number of nitrogens with two attached hydrogens (primary N) is 1. The van der Waals surface area contributed by atoms with Gasteiger partial charge in [-0.2, -0.15) is 0 Å². The Morgan fingerprint density at radius 1 is 1.38 bits per heavy atom. The number of rotatable bonds is 3. The van der Waals surface area contributed by atoms with Gasteiger partial charge in [-0.15, -0.1) is 0 Å². The van der Waals surface area contributed by atoms with Gasteiger partial charge in [-0.1, -0.05) is 13.8 Å². The molecular formula is C10H18N2O. The topological polar surface area (TPSA) is 52.0 Å². The highest BCUT2D eigenvalue weighted by Crippen LogP contribution is 2.26. The second-order valence-electron chi connectivity index (χ2n) is 4.08. The van der Waals surface area contributed by atoms with Crippen molar-refractivity contribution in [1.82, 2.24) is 4.98 Å².